The molecule has 11 heteroatoms. The third-order valence-electron chi connectivity index (χ3n) is 9.50. The summed E-state index contributed by atoms with van der Waals surface area (Å²) in [4.78, 5) is 26.2. The summed E-state index contributed by atoms with van der Waals surface area (Å²) in [7, 11) is 1.67. The molecule has 0 unspecified atom stereocenters. The normalized spacial score (nSPS) is 22.8. The van der Waals surface area contributed by atoms with Gasteiger partial charge in [0.25, 0.3) is 5.91 Å². The quantitative estimate of drug-likeness (QED) is 0.143. The number of ether oxygens (including phenoxy) is 3. The van der Waals surface area contributed by atoms with Crippen molar-refractivity contribution in [2.45, 2.75) is 45.1 Å². The van der Waals surface area contributed by atoms with Gasteiger partial charge in [-0.15, -0.1) is 0 Å². The third-order valence-corrected chi connectivity index (χ3v) is 9.50. The van der Waals surface area contributed by atoms with Crippen LogP contribution in [0.15, 0.2) is 54.6 Å². The second-order valence-electron chi connectivity index (χ2n) is 13.1. The highest BCUT2D eigenvalue weighted by Crippen LogP contribution is 2.59. The van der Waals surface area contributed by atoms with Crippen molar-refractivity contribution >= 4 is 23.8 Å². The highest BCUT2D eigenvalue weighted by atomic mass is 16.5. The molecule has 3 aromatic rings. The number of nitrogens with zero attached hydrogens (tertiary/aromatic N) is 3. The number of hydrogen-bond donors (Lipinski definition) is 4. The van der Waals surface area contributed by atoms with Crippen LogP contribution in [0.4, 0.5) is 17.8 Å². The Balaban J connectivity index is 0.952. The van der Waals surface area contributed by atoms with Crippen LogP contribution in [0, 0.1) is 23.2 Å². The van der Waals surface area contributed by atoms with Gasteiger partial charge in [0.1, 0.15) is 5.75 Å². The lowest BCUT2D eigenvalue weighted by Crippen LogP contribution is -2.49. The van der Waals surface area contributed by atoms with Gasteiger partial charge in [0.2, 0.25) is 17.8 Å². The van der Waals surface area contributed by atoms with Gasteiger partial charge in [-0.1, -0.05) is 30.3 Å². The molecule has 4 aliphatic carbocycles. The van der Waals surface area contributed by atoms with Gasteiger partial charge in [-0.25, -0.2) is 0 Å². The molecule has 1 aromatic heterocycles. The summed E-state index contributed by atoms with van der Waals surface area (Å²) in [5.74, 6) is 5.05. The highest BCUT2D eigenvalue weighted by molar-refractivity contribution is 5.94. The van der Waals surface area contributed by atoms with Crippen molar-refractivity contribution in [3.63, 3.8) is 0 Å². The van der Waals surface area contributed by atoms with E-state index in [0.29, 0.717) is 74.9 Å². The first-order valence-electron chi connectivity index (χ1n) is 16.7. The molecule has 0 radical (unpaired) electrons. The van der Waals surface area contributed by atoms with E-state index >= 15 is 0 Å². The molecule has 1 heterocycles. The lowest BCUT2D eigenvalue weighted by Gasteiger charge is -2.56. The summed E-state index contributed by atoms with van der Waals surface area (Å²) in [6.45, 7) is 4.30. The molecule has 0 atom stereocenters. The molecule has 4 bridgehead atoms. The Hall–Kier alpha value is -3.96. The number of rotatable bonds is 18. The van der Waals surface area contributed by atoms with Crippen LogP contribution in [0.5, 0.6) is 5.75 Å². The zero-order valence-corrected chi connectivity index (χ0v) is 26.8. The molecule has 246 valence electrons. The number of anilines is 3. The van der Waals surface area contributed by atoms with Crippen LogP contribution in [0.1, 0.15) is 54.4 Å². The van der Waals surface area contributed by atoms with Crippen LogP contribution in [-0.2, 0) is 16.0 Å². The summed E-state index contributed by atoms with van der Waals surface area (Å²) >= 11 is 0. The Bertz CT molecular complexity index is 1370. The monoisotopic (exact) mass is 629 g/mol. The van der Waals surface area contributed by atoms with Crippen LogP contribution in [0.2, 0.25) is 0 Å². The molecular formula is C35H47N7O4. The smallest absolute Gasteiger partial charge is 0.251 e. The third kappa shape index (κ3) is 8.85. The molecule has 0 spiro atoms. The van der Waals surface area contributed by atoms with E-state index in [9.17, 15) is 4.79 Å². The highest BCUT2D eigenvalue weighted by Gasteiger charge is 2.50. The van der Waals surface area contributed by atoms with Gasteiger partial charge in [-0.05, 0) is 91.5 Å². The van der Waals surface area contributed by atoms with Crippen LogP contribution >= 0.6 is 0 Å². The number of benzene rings is 2. The molecule has 46 heavy (non-hydrogen) atoms. The second kappa shape index (κ2) is 15.6. The van der Waals surface area contributed by atoms with Crippen molar-refractivity contribution in [1.29, 1.82) is 0 Å². The Kier molecular flexibility index (Phi) is 10.8. The van der Waals surface area contributed by atoms with E-state index in [1.54, 1.807) is 19.2 Å². The van der Waals surface area contributed by atoms with Crippen molar-refractivity contribution < 1.29 is 19.0 Å². The van der Waals surface area contributed by atoms with E-state index in [1.807, 2.05) is 42.5 Å². The zero-order valence-electron chi connectivity index (χ0n) is 26.8. The fourth-order valence-corrected chi connectivity index (χ4v) is 7.80. The predicted octanol–water partition coefficient (Wildman–Crippen LogP) is 5.00. The van der Waals surface area contributed by atoms with E-state index < -0.39 is 0 Å². The minimum Gasteiger partial charge on any atom is -0.497 e. The molecule has 4 saturated carbocycles. The molecule has 4 fully saturated rings. The van der Waals surface area contributed by atoms with E-state index in [0.717, 1.165) is 35.6 Å². The van der Waals surface area contributed by atoms with Gasteiger partial charge in [0.15, 0.2) is 0 Å². The van der Waals surface area contributed by atoms with Crippen LogP contribution in [-0.4, -0.2) is 74.0 Å². The molecule has 1 amide bonds. The molecule has 2 aromatic carbocycles. The zero-order chi connectivity index (χ0) is 31.6. The second-order valence-corrected chi connectivity index (χ2v) is 13.1. The predicted molar refractivity (Wildman–Crippen MR) is 178 cm³/mol. The molecule has 11 nitrogen and oxygen atoms in total. The van der Waals surface area contributed by atoms with E-state index in [4.69, 9.17) is 24.2 Å². The molecule has 0 saturated heterocycles. The molecule has 7 rings (SSSR count). The van der Waals surface area contributed by atoms with E-state index in [-0.39, 0.29) is 5.91 Å². The summed E-state index contributed by atoms with van der Waals surface area (Å²) in [6.07, 6.45) is 8.27. The van der Waals surface area contributed by atoms with Crippen molar-refractivity contribution in [3.8, 4) is 5.75 Å². The van der Waals surface area contributed by atoms with Gasteiger partial charge in [0, 0.05) is 31.7 Å². The SMILES string of the molecule is COc1ccc(CNc2nc(NCCOCCOCCNC(=O)c3ccccc3)nc(NCC34CC5CC(CC(C5)C3)C4)n2)cc1. The van der Waals surface area contributed by atoms with Crippen LogP contribution in [0.25, 0.3) is 0 Å². The average Bonchev–Trinajstić information content (AvgIpc) is 3.07. The Morgan fingerprint density at radius 1 is 0.739 bits per heavy atom. The summed E-state index contributed by atoms with van der Waals surface area (Å²) < 4.78 is 16.6. The van der Waals surface area contributed by atoms with Gasteiger partial charge in [0.05, 0.1) is 33.5 Å². The molecule has 0 aliphatic heterocycles. The first-order valence-corrected chi connectivity index (χ1v) is 16.7. The number of nitrogens with one attached hydrogen (secondary N) is 4. The Morgan fingerprint density at radius 3 is 1.96 bits per heavy atom. The average molecular weight is 630 g/mol. The van der Waals surface area contributed by atoms with Crippen molar-refractivity contribution in [2.24, 2.45) is 23.2 Å². The number of hydrogen-bond acceptors (Lipinski definition) is 10. The maximum absolute atomic E-state index is 12.1. The lowest BCUT2D eigenvalue weighted by molar-refractivity contribution is -0.0445. The summed E-state index contributed by atoms with van der Waals surface area (Å²) in [5, 5.41) is 13.1. The van der Waals surface area contributed by atoms with Crippen LogP contribution in [0.3, 0.4) is 0 Å². The fourth-order valence-electron chi connectivity index (χ4n) is 7.80. The largest absolute Gasteiger partial charge is 0.497 e. The van der Waals surface area contributed by atoms with Gasteiger partial charge in [-0.3, -0.25) is 4.79 Å². The van der Waals surface area contributed by atoms with E-state index in [2.05, 4.69) is 26.3 Å². The number of amides is 1. The number of carbonyl (C=O) groups excluding carboxylic acids is 1. The van der Waals surface area contributed by atoms with Crippen LogP contribution < -0.4 is 26.0 Å². The van der Waals surface area contributed by atoms with Crippen molar-refractivity contribution in [2.75, 3.05) is 69.1 Å². The summed E-state index contributed by atoms with van der Waals surface area (Å²) in [5.41, 5.74) is 2.12. The fraction of sp³-hybridized carbons (Fsp3) is 0.543. The number of aromatic nitrogens is 3. The van der Waals surface area contributed by atoms with Gasteiger partial charge >= 0.3 is 0 Å². The van der Waals surface area contributed by atoms with Gasteiger partial charge in [-0.2, -0.15) is 15.0 Å². The molecule has 4 aliphatic rings. The van der Waals surface area contributed by atoms with Crippen molar-refractivity contribution in [1.82, 2.24) is 20.3 Å². The first-order chi connectivity index (χ1) is 22.6. The molecule has 4 N–H and O–H groups in total. The standard InChI is InChI=1S/C35H47N7O4/c1-44-30-9-7-25(8-10-30)23-38-33-40-32(37-12-14-46-16-15-45-13-11-36-31(43)29-5-3-2-4-6-29)41-34(42-33)39-24-35-20-26-17-27(21-35)19-28(18-26)22-35/h2-10,26-28H,11-24H2,1H3,(H,36,43)(H3,37,38,39,40,41,42). The number of carbonyl (C=O) groups is 1. The minimum atomic E-state index is -0.102. The summed E-state index contributed by atoms with van der Waals surface area (Å²) in [6, 6.07) is 17.1. The topological polar surface area (TPSA) is 132 Å². The lowest BCUT2D eigenvalue weighted by atomic mass is 9.49. The molecular weight excluding hydrogens is 582 g/mol. The minimum absolute atomic E-state index is 0.102. The number of methoxy groups -OCH3 is 1. The Morgan fingerprint density at radius 2 is 1.33 bits per heavy atom. The maximum atomic E-state index is 12.1. The first kappa shape index (κ1) is 32.0. The van der Waals surface area contributed by atoms with E-state index in [1.165, 1.54) is 38.5 Å². The Labute approximate surface area is 271 Å². The van der Waals surface area contributed by atoms with Gasteiger partial charge < -0.3 is 35.5 Å². The van der Waals surface area contributed by atoms with Crippen molar-refractivity contribution in [3.05, 3.63) is 65.7 Å². The maximum Gasteiger partial charge on any atom is 0.251 e.